The Kier molecular flexibility index (Phi) is 6.68. The SMILES string of the molecule is O=C1N=C(N2CCN(C3CC3)CC2)SC1=Cc1ccc2c(cnn2Cc2ccc(C(F)(F)F)cc2C(F)(F)F)c1. The number of nitrogens with zero attached hydrogens (tertiary/aromatic N) is 5. The molecular weight excluding hydrogens is 556 g/mol. The van der Waals surface area contributed by atoms with Gasteiger partial charge in [-0.3, -0.25) is 14.4 Å². The summed E-state index contributed by atoms with van der Waals surface area (Å²) in [7, 11) is 0. The van der Waals surface area contributed by atoms with Crippen LogP contribution in [0.1, 0.15) is 35.1 Å². The van der Waals surface area contributed by atoms with Gasteiger partial charge in [-0.15, -0.1) is 0 Å². The Morgan fingerprint density at radius 1 is 0.950 bits per heavy atom. The molecule has 1 aliphatic carbocycles. The Balaban J connectivity index is 1.18. The summed E-state index contributed by atoms with van der Waals surface area (Å²) in [6.07, 6.45) is -4.15. The first-order chi connectivity index (χ1) is 19.0. The molecule has 0 radical (unpaired) electrons. The number of hydrogen-bond donors (Lipinski definition) is 0. The van der Waals surface area contributed by atoms with Gasteiger partial charge in [0.25, 0.3) is 5.91 Å². The van der Waals surface area contributed by atoms with Crippen LogP contribution in [0.4, 0.5) is 26.3 Å². The van der Waals surface area contributed by atoms with Crippen molar-refractivity contribution < 1.29 is 31.1 Å². The second-order valence-corrected chi connectivity index (χ2v) is 11.1. The lowest BCUT2D eigenvalue weighted by Gasteiger charge is -2.35. The number of aliphatic imine (C=N–C) groups is 1. The van der Waals surface area contributed by atoms with Crippen LogP contribution in [0.3, 0.4) is 0 Å². The molecule has 2 fully saturated rings. The fourth-order valence-electron chi connectivity index (χ4n) is 5.04. The van der Waals surface area contributed by atoms with Crippen molar-refractivity contribution >= 4 is 39.8 Å². The molecule has 2 aromatic carbocycles. The van der Waals surface area contributed by atoms with Crippen molar-refractivity contribution in [2.75, 3.05) is 26.2 Å². The van der Waals surface area contributed by atoms with Crippen molar-refractivity contribution in [3.63, 3.8) is 0 Å². The van der Waals surface area contributed by atoms with E-state index in [0.29, 0.717) is 38.6 Å². The summed E-state index contributed by atoms with van der Waals surface area (Å²) in [5.74, 6) is -0.317. The van der Waals surface area contributed by atoms with Crippen molar-refractivity contribution in [3.8, 4) is 0 Å². The van der Waals surface area contributed by atoms with E-state index >= 15 is 0 Å². The van der Waals surface area contributed by atoms with Gasteiger partial charge in [-0.05, 0) is 66.1 Å². The molecule has 0 N–H and O–H groups in total. The second kappa shape index (κ2) is 9.95. The molecule has 0 bridgehead atoms. The summed E-state index contributed by atoms with van der Waals surface area (Å²) in [6, 6.07) is 7.44. The number of halogens is 6. The Morgan fingerprint density at radius 2 is 1.70 bits per heavy atom. The third-order valence-electron chi connectivity index (χ3n) is 7.28. The maximum Gasteiger partial charge on any atom is 0.416 e. The molecule has 6 nitrogen and oxygen atoms in total. The zero-order chi connectivity index (χ0) is 28.2. The Bertz CT molecular complexity index is 1530. The number of aromatic nitrogens is 2. The fraction of sp³-hybridized carbons (Fsp3) is 0.370. The lowest BCUT2D eigenvalue weighted by molar-refractivity contribution is -0.143. The largest absolute Gasteiger partial charge is 0.416 e. The monoisotopic (exact) mass is 579 g/mol. The summed E-state index contributed by atoms with van der Waals surface area (Å²) >= 11 is 1.33. The molecule has 6 rings (SSSR count). The van der Waals surface area contributed by atoms with Crippen molar-refractivity contribution in [2.24, 2.45) is 4.99 Å². The number of fused-ring (bicyclic) bond motifs is 1. The molecule has 13 heteroatoms. The second-order valence-electron chi connectivity index (χ2n) is 10.1. The van der Waals surface area contributed by atoms with Gasteiger partial charge in [-0.25, -0.2) is 0 Å². The lowest BCUT2D eigenvalue weighted by Crippen LogP contribution is -2.48. The van der Waals surface area contributed by atoms with Gasteiger partial charge >= 0.3 is 12.4 Å². The molecule has 3 aliphatic rings. The average molecular weight is 580 g/mol. The molecule has 210 valence electrons. The lowest BCUT2D eigenvalue weighted by atomic mass is 10.0. The summed E-state index contributed by atoms with van der Waals surface area (Å²) in [6.45, 7) is 3.19. The predicted octanol–water partition coefficient (Wildman–Crippen LogP) is 5.87. The summed E-state index contributed by atoms with van der Waals surface area (Å²) in [5.41, 5.74) is -1.84. The zero-order valence-corrected chi connectivity index (χ0v) is 21.8. The highest BCUT2D eigenvalue weighted by molar-refractivity contribution is 8.18. The van der Waals surface area contributed by atoms with Gasteiger partial charge in [0.05, 0.1) is 34.3 Å². The van der Waals surface area contributed by atoms with Gasteiger partial charge in [0, 0.05) is 37.6 Å². The first-order valence-electron chi connectivity index (χ1n) is 12.7. The number of piperazine rings is 1. The number of thioether (sulfide) groups is 1. The third-order valence-corrected chi connectivity index (χ3v) is 8.33. The van der Waals surface area contributed by atoms with E-state index in [0.717, 1.165) is 32.2 Å². The number of alkyl halides is 6. The molecule has 0 atom stereocenters. The number of amidine groups is 1. The van der Waals surface area contributed by atoms with E-state index in [4.69, 9.17) is 0 Å². The summed E-state index contributed by atoms with van der Waals surface area (Å²) in [4.78, 5) is 21.9. The van der Waals surface area contributed by atoms with Crippen LogP contribution < -0.4 is 0 Å². The van der Waals surface area contributed by atoms with Gasteiger partial charge in [0.2, 0.25) is 0 Å². The van der Waals surface area contributed by atoms with Crippen molar-refractivity contribution in [1.29, 1.82) is 0 Å². The summed E-state index contributed by atoms with van der Waals surface area (Å²) < 4.78 is 81.1. The van der Waals surface area contributed by atoms with E-state index in [2.05, 4.69) is 19.9 Å². The molecule has 3 heterocycles. The number of carbonyl (C=O) groups is 1. The van der Waals surface area contributed by atoms with E-state index in [1.165, 1.54) is 35.5 Å². The van der Waals surface area contributed by atoms with E-state index in [9.17, 15) is 31.1 Å². The minimum absolute atomic E-state index is 0.130. The van der Waals surface area contributed by atoms with Crippen LogP contribution in [0, 0.1) is 0 Å². The molecule has 0 unspecified atom stereocenters. The van der Waals surface area contributed by atoms with Crippen LogP contribution >= 0.6 is 11.8 Å². The number of benzene rings is 2. The van der Waals surface area contributed by atoms with Crippen LogP contribution in [0.15, 0.2) is 52.5 Å². The van der Waals surface area contributed by atoms with Gasteiger partial charge in [-0.2, -0.15) is 36.4 Å². The maximum absolute atomic E-state index is 13.6. The van der Waals surface area contributed by atoms with Crippen LogP contribution in [-0.2, 0) is 23.7 Å². The normalized spacial score (nSPS) is 20.1. The van der Waals surface area contributed by atoms with E-state index in [1.54, 1.807) is 24.3 Å². The van der Waals surface area contributed by atoms with Gasteiger partial charge in [0.1, 0.15) is 0 Å². The Hall–Kier alpha value is -3.32. The standard InChI is InChI=1S/C27H23F6N5OS/c28-26(29,30)19-3-2-17(21(13-19)27(31,32)33)15-38-22-6-1-16(11-18(22)14-34-38)12-23-24(39)35-25(40-23)37-9-7-36(8-10-37)20-4-5-20/h1-3,6,11-14,20H,4-5,7-10,15H2. The molecule has 0 spiro atoms. The molecular formula is C27H23F6N5OS. The van der Waals surface area contributed by atoms with Crippen LogP contribution in [0.25, 0.3) is 17.0 Å². The highest BCUT2D eigenvalue weighted by atomic mass is 32.2. The molecule has 40 heavy (non-hydrogen) atoms. The van der Waals surface area contributed by atoms with Crippen molar-refractivity contribution in [1.82, 2.24) is 19.6 Å². The summed E-state index contributed by atoms with van der Waals surface area (Å²) in [5, 5.41) is 5.48. The molecule has 2 aliphatic heterocycles. The molecule has 1 saturated heterocycles. The highest BCUT2D eigenvalue weighted by Gasteiger charge is 2.38. The minimum atomic E-state index is -4.96. The van der Waals surface area contributed by atoms with E-state index < -0.39 is 23.5 Å². The van der Waals surface area contributed by atoms with Gasteiger partial charge in [-0.1, -0.05) is 12.1 Å². The van der Waals surface area contributed by atoms with E-state index in [1.807, 2.05) is 0 Å². The number of carbonyl (C=O) groups excluding carboxylic acids is 1. The third kappa shape index (κ3) is 5.49. The van der Waals surface area contributed by atoms with Crippen molar-refractivity contribution in [2.45, 2.75) is 37.8 Å². The number of hydrogen-bond acceptors (Lipinski definition) is 5. The fourth-order valence-corrected chi connectivity index (χ4v) is 6.00. The maximum atomic E-state index is 13.6. The Morgan fingerprint density at radius 3 is 2.38 bits per heavy atom. The predicted molar refractivity (Wildman–Crippen MR) is 139 cm³/mol. The van der Waals surface area contributed by atoms with Crippen LogP contribution in [0.5, 0.6) is 0 Å². The molecule has 3 aromatic rings. The topological polar surface area (TPSA) is 53.7 Å². The number of rotatable bonds is 4. The average Bonchev–Trinajstić information content (AvgIpc) is 3.59. The van der Waals surface area contributed by atoms with Crippen LogP contribution in [0.2, 0.25) is 0 Å². The minimum Gasteiger partial charge on any atom is -0.348 e. The molecule has 1 saturated carbocycles. The van der Waals surface area contributed by atoms with Gasteiger partial charge in [0.15, 0.2) is 5.17 Å². The molecule has 1 aromatic heterocycles. The number of amides is 1. The quantitative estimate of drug-likeness (QED) is 0.286. The zero-order valence-electron chi connectivity index (χ0n) is 21.0. The highest BCUT2D eigenvalue weighted by Crippen LogP contribution is 2.38. The van der Waals surface area contributed by atoms with Crippen LogP contribution in [-0.4, -0.2) is 62.9 Å². The van der Waals surface area contributed by atoms with E-state index in [-0.39, 0.29) is 24.1 Å². The van der Waals surface area contributed by atoms with Crippen molar-refractivity contribution in [3.05, 3.63) is 69.8 Å². The Labute approximate surface area is 229 Å². The molecule has 1 amide bonds. The smallest absolute Gasteiger partial charge is 0.348 e. The van der Waals surface area contributed by atoms with Gasteiger partial charge < -0.3 is 4.90 Å². The first-order valence-corrected chi connectivity index (χ1v) is 13.5. The first kappa shape index (κ1) is 26.9.